The first-order valence-corrected chi connectivity index (χ1v) is 11.8. The number of piperidine rings is 1. The van der Waals surface area contributed by atoms with Crippen LogP contribution in [0.1, 0.15) is 18.7 Å². The van der Waals surface area contributed by atoms with Crippen LogP contribution in [0.3, 0.4) is 0 Å². The lowest BCUT2D eigenvalue weighted by molar-refractivity contribution is -0.146. The number of carbonyl (C=O) groups is 1. The molecular formula is C20H22F3N7O3S. The zero-order chi connectivity index (χ0) is 24.7. The molecule has 14 heteroatoms. The van der Waals surface area contributed by atoms with Crippen LogP contribution in [0.2, 0.25) is 0 Å². The van der Waals surface area contributed by atoms with Crippen LogP contribution in [0.15, 0.2) is 41.3 Å². The fourth-order valence-corrected chi connectivity index (χ4v) is 4.56. The highest BCUT2D eigenvalue weighted by atomic mass is 32.2. The number of alkyl halides is 3. The van der Waals surface area contributed by atoms with Crippen LogP contribution in [-0.2, 0) is 21.0 Å². The molecule has 1 amide bonds. The van der Waals surface area contributed by atoms with Gasteiger partial charge in [0.05, 0.1) is 4.90 Å². The molecule has 2 aromatic heterocycles. The van der Waals surface area contributed by atoms with E-state index in [2.05, 4.69) is 20.6 Å². The molecule has 1 saturated heterocycles. The van der Waals surface area contributed by atoms with E-state index in [-0.39, 0.29) is 22.4 Å². The minimum absolute atomic E-state index is 0.00487. The van der Waals surface area contributed by atoms with E-state index in [9.17, 15) is 26.4 Å². The van der Waals surface area contributed by atoms with Gasteiger partial charge in [0.25, 0.3) is 5.82 Å². The summed E-state index contributed by atoms with van der Waals surface area (Å²) in [5.41, 5.74) is 0.472. The molecule has 182 valence electrons. The van der Waals surface area contributed by atoms with E-state index in [1.54, 1.807) is 6.07 Å². The molecule has 1 fully saturated rings. The number of nitrogens with zero attached hydrogens (tertiary/aromatic N) is 6. The topological polar surface area (TPSA) is 113 Å². The summed E-state index contributed by atoms with van der Waals surface area (Å²) >= 11 is 0. The van der Waals surface area contributed by atoms with Gasteiger partial charge in [0.1, 0.15) is 5.82 Å². The molecule has 3 heterocycles. The number of carbonyl (C=O) groups excluding carboxylic acids is 1. The number of fused-ring (bicyclic) bond motifs is 1. The molecule has 10 nitrogen and oxygen atoms in total. The third-order valence-electron chi connectivity index (χ3n) is 5.59. The van der Waals surface area contributed by atoms with Crippen LogP contribution in [0.5, 0.6) is 0 Å². The van der Waals surface area contributed by atoms with Gasteiger partial charge in [-0.05, 0) is 49.2 Å². The SMILES string of the molecule is CN(C)S(=O)(=O)c1ccc(NC(=O)C2CCN(c3ccc4nnc(C(F)(F)F)n4n3)CC2)cc1. The molecule has 0 unspecified atom stereocenters. The molecule has 1 aliphatic rings. The zero-order valence-corrected chi connectivity index (χ0v) is 19.1. The molecule has 0 bridgehead atoms. The number of halogens is 3. The molecule has 0 aliphatic carbocycles. The first kappa shape index (κ1) is 23.9. The second kappa shape index (κ2) is 8.83. The maximum atomic E-state index is 13.1. The second-order valence-electron chi connectivity index (χ2n) is 8.05. The molecular weight excluding hydrogens is 475 g/mol. The summed E-state index contributed by atoms with van der Waals surface area (Å²) in [6.07, 6.45) is -3.72. The standard InChI is InChI=1S/C20H22F3N7O3S/c1-28(2)34(32,33)15-5-3-14(4-6-15)24-18(31)13-9-11-29(12-10-13)17-8-7-16-25-26-19(20(21,22)23)30(16)27-17/h3-8,13H,9-12H2,1-2H3,(H,24,31). The summed E-state index contributed by atoms with van der Waals surface area (Å²) in [6, 6.07) is 8.91. The molecule has 4 rings (SSSR count). The van der Waals surface area contributed by atoms with Crippen molar-refractivity contribution in [3.8, 4) is 0 Å². The van der Waals surface area contributed by atoms with Crippen LogP contribution in [0.25, 0.3) is 5.65 Å². The number of rotatable bonds is 5. The van der Waals surface area contributed by atoms with Gasteiger partial charge in [-0.1, -0.05) is 0 Å². The fraction of sp³-hybridized carbons (Fsp3) is 0.400. The maximum Gasteiger partial charge on any atom is 0.453 e. The molecule has 0 spiro atoms. The van der Waals surface area contributed by atoms with Crippen molar-refractivity contribution in [2.75, 3.05) is 37.4 Å². The lowest BCUT2D eigenvalue weighted by Crippen LogP contribution is -2.38. The smallest absolute Gasteiger partial charge is 0.355 e. The Balaban J connectivity index is 1.39. The van der Waals surface area contributed by atoms with Crippen LogP contribution in [0, 0.1) is 5.92 Å². The average molecular weight is 498 g/mol. The molecule has 34 heavy (non-hydrogen) atoms. The summed E-state index contributed by atoms with van der Waals surface area (Å²) in [6.45, 7) is 0.861. The first-order valence-electron chi connectivity index (χ1n) is 10.3. The first-order chi connectivity index (χ1) is 16.0. The highest BCUT2D eigenvalue weighted by Gasteiger charge is 2.38. The van der Waals surface area contributed by atoms with Crippen molar-refractivity contribution in [3.63, 3.8) is 0 Å². The lowest BCUT2D eigenvalue weighted by atomic mass is 9.96. The Labute approximate surface area is 193 Å². The molecule has 0 atom stereocenters. The number of aromatic nitrogens is 4. The Morgan fingerprint density at radius 2 is 1.71 bits per heavy atom. The summed E-state index contributed by atoms with van der Waals surface area (Å²) in [5.74, 6) is -1.35. The second-order valence-corrected chi connectivity index (χ2v) is 10.2. The third-order valence-corrected chi connectivity index (χ3v) is 7.42. The van der Waals surface area contributed by atoms with Crippen LogP contribution in [-0.4, -0.2) is 65.6 Å². The van der Waals surface area contributed by atoms with Gasteiger partial charge in [-0.25, -0.2) is 12.7 Å². The number of nitrogens with one attached hydrogen (secondary N) is 1. The summed E-state index contributed by atoms with van der Waals surface area (Å²) in [5, 5.41) is 13.5. The number of benzene rings is 1. The van der Waals surface area contributed by atoms with Crippen molar-refractivity contribution in [2.45, 2.75) is 23.9 Å². The van der Waals surface area contributed by atoms with Crippen molar-refractivity contribution >= 4 is 33.1 Å². The Morgan fingerprint density at radius 3 is 2.29 bits per heavy atom. The molecule has 3 aromatic rings. The van der Waals surface area contributed by atoms with Crippen molar-refractivity contribution in [1.82, 2.24) is 24.1 Å². The maximum absolute atomic E-state index is 13.1. The number of amides is 1. The van der Waals surface area contributed by atoms with Crippen molar-refractivity contribution < 1.29 is 26.4 Å². The van der Waals surface area contributed by atoms with E-state index in [1.807, 2.05) is 4.90 Å². The van der Waals surface area contributed by atoms with E-state index in [0.29, 0.717) is 42.0 Å². The van der Waals surface area contributed by atoms with E-state index in [1.165, 1.54) is 44.4 Å². The van der Waals surface area contributed by atoms with Crippen molar-refractivity contribution in [2.24, 2.45) is 5.92 Å². The van der Waals surface area contributed by atoms with Gasteiger partial charge in [-0.15, -0.1) is 15.3 Å². The molecule has 1 aromatic carbocycles. The Kier molecular flexibility index (Phi) is 6.20. The fourth-order valence-electron chi connectivity index (χ4n) is 3.66. The summed E-state index contributed by atoms with van der Waals surface area (Å²) in [7, 11) is -0.685. The molecule has 0 radical (unpaired) electrons. The number of hydrogen-bond acceptors (Lipinski definition) is 7. The van der Waals surface area contributed by atoms with Crippen LogP contribution >= 0.6 is 0 Å². The van der Waals surface area contributed by atoms with Gasteiger partial charge in [0.15, 0.2) is 5.65 Å². The minimum Gasteiger partial charge on any atom is -0.355 e. The zero-order valence-electron chi connectivity index (χ0n) is 18.3. The molecule has 0 saturated carbocycles. The average Bonchev–Trinajstić information content (AvgIpc) is 3.23. The van der Waals surface area contributed by atoms with Crippen LogP contribution < -0.4 is 10.2 Å². The normalized spacial score (nSPS) is 15.8. The van der Waals surface area contributed by atoms with E-state index in [0.717, 1.165) is 4.31 Å². The van der Waals surface area contributed by atoms with Gasteiger partial charge in [-0.2, -0.15) is 17.7 Å². The summed E-state index contributed by atoms with van der Waals surface area (Å²) < 4.78 is 65.4. The number of anilines is 2. The van der Waals surface area contributed by atoms with Gasteiger partial charge >= 0.3 is 6.18 Å². The van der Waals surface area contributed by atoms with Crippen LogP contribution in [0.4, 0.5) is 24.7 Å². The van der Waals surface area contributed by atoms with Crippen molar-refractivity contribution in [1.29, 1.82) is 0 Å². The van der Waals surface area contributed by atoms with E-state index >= 15 is 0 Å². The number of sulfonamides is 1. The quantitative estimate of drug-likeness (QED) is 0.575. The van der Waals surface area contributed by atoms with Gasteiger partial charge in [-0.3, -0.25) is 4.79 Å². The molecule has 1 aliphatic heterocycles. The third kappa shape index (κ3) is 4.68. The van der Waals surface area contributed by atoms with Crippen molar-refractivity contribution in [3.05, 3.63) is 42.2 Å². The Bertz CT molecular complexity index is 1300. The predicted octanol–water partition coefficient (Wildman–Crippen LogP) is 2.25. The highest BCUT2D eigenvalue weighted by molar-refractivity contribution is 7.89. The van der Waals surface area contributed by atoms with E-state index < -0.39 is 22.0 Å². The van der Waals surface area contributed by atoms with E-state index in [4.69, 9.17) is 0 Å². The monoisotopic (exact) mass is 497 g/mol. The summed E-state index contributed by atoms with van der Waals surface area (Å²) in [4.78, 5) is 14.6. The largest absolute Gasteiger partial charge is 0.453 e. The lowest BCUT2D eigenvalue weighted by Gasteiger charge is -2.32. The van der Waals surface area contributed by atoms with Gasteiger partial charge < -0.3 is 10.2 Å². The van der Waals surface area contributed by atoms with Gasteiger partial charge in [0.2, 0.25) is 15.9 Å². The minimum atomic E-state index is -4.68. The highest BCUT2D eigenvalue weighted by Crippen LogP contribution is 2.29. The Morgan fingerprint density at radius 1 is 1.06 bits per heavy atom. The predicted molar refractivity (Wildman–Crippen MR) is 117 cm³/mol. The molecule has 1 N–H and O–H groups in total. The number of hydrogen-bond donors (Lipinski definition) is 1. The Hall–Kier alpha value is -3.26. The van der Waals surface area contributed by atoms with Gasteiger partial charge in [0, 0.05) is 38.8 Å².